The Morgan fingerprint density at radius 2 is 1.56 bits per heavy atom. The van der Waals surface area contributed by atoms with E-state index in [1.807, 2.05) is 26.0 Å². The van der Waals surface area contributed by atoms with Gasteiger partial charge in [-0.25, -0.2) is 0 Å². The fourth-order valence-electron chi connectivity index (χ4n) is 5.45. The molecule has 0 spiro atoms. The molecule has 2 unspecified atom stereocenters. The molecule has 2 atom stereocenters. The largest absolute Gasteiger partial charge is 0.480 e. The van der Waals surface area contributed by atoms with Crippen molar-refractivity contribution in [3.05, 3.63) is 97.1 Å². The fourth-order valence-corrected chi connectivity index (χ4v) is 5.45. The van der Waals surface area contributed by atoms with Gasteiger partial charge in [-0.2, -0.15) is 0 Å². The molecule has 214 valence electrons. The number of benzene rings is 2. The summed E-state index contributed by atoms with van der Waals surface area (Å²) in [6.07, 6.45) is 9.30. The Morgan fingerprint density at radius 3 is 2.08 bits per heavy atom. The number of hydrogen-bond acceptors (Lipinski definition) is 4. The van der Waals surface area contributed by atoms with Gasteiger partial charge in [-0.05, 0) is 75.1 Å². The van der Waals surface area contributed by atoms with Crippen LogP contribution in [0, 0.1) is 5.92 Å². The molecule has 0 amide bonds. The summed E-state index contributed by atoms with van der Waals surface area (Å²) < 4.78 is 0. The number of likely N-dealkylation sites (tertiary alicyclic amines) is 2. The number of aryl methyl sites for hydroxylation is 1. The summed E-state index contributed by atoms with van der Waals surface area (Å²) in [5.41, 5.74) is 2.30. The van der Waals surface area contributed by atoms with E-state index in [1.165, 1.54) is 11.1 Å². The number of aliphatic carboxylic acids is 1. The van der Waals surface area contributed by atoms with Gasteiger partial charge in [-0.15, -0.1) is 0 Å². The van der Waals surface area contributed by atoms with Crippen LogP contribution in [0.2, 0.25) is 0 Å². The highest BCUT2D eigenvalue weighted by atomic mass is 16.4. The second-order valence-corrected chi connectivity index (χ2v) is 11.3. The highest BCUT2D eigenvalue weighted by molar-refractivity contribution is 5.73. The van der Waals surface area contributed by atoms with Crippen LogP contribution in [-0.2, 0) is 11.2 Å². The normalized spacial score (nSPS) is 19.7. The van der Waals surface area contributed by atoms with E-state index in [-0.39, 0.29) is 12.0 Å². The maximum atomic E-state index is 11.3. The molecule has 2 N–H and O–H groups in total. The predicted octanol–water partition coefficient (Wildman–Crippen LogP) is 6.41. The van der Waals surface area contributed by atoms with Gasteiger partial charge in [0.15, 0.2) is 0 Å². The van der Waals surface area contributed by atoms with Gasteiger partial charge in [0, 0.05) is 19.6 Å². The van der Waals surface area contributed by atoms with Crippen molar-refractivity contribution < 1.29 is 15.0 Å². The van der Waals surface area contributed by atoms with Crippen LogP contribution >= 0.6 is 0 Å². The van der Waals surface area contributed by atoms with Crippen molar-refractivity contribution in [3.8, 4) is 0 Å². The topological polar surface area (TPSA) is 64.0 Å². The Hall–Kier alpha value is -2.73. The van der Waals surface area contributed by atoms with E-state index in [4.69, 9.17) is 0 Å². The standard InChI is InChI=1S/C15H21NO2.C15H23NO.C4H6/c1-11(2)14(15(17)18)16-9-8-13(10-16)12-6-4-3-5-7-12;1-16-12-10-15(17,11-13-16)9-5-8-14-6-3-2-4-7-14;1-3-4-2/h3-7,11,13-14H,8-10H2,1-2H3,(H,17,18);2-4,6-7,17H,5,8-13H2,1H3;3-4H,1-2H2. The average molecular weight is 535 g/mol. The van der Waals surface area contributed by atoms with Crippen molar-refractivity contribution in [2.24, 2.45) is 5.92 Å². The highest BCUT2D eigenvalue weighted by Crippen LogP contribution is 2.30. The van der Waals surface area contributed by atoms with Gasteiger partial charge in [-0.3, -0.25) is 9.69 Å². The Kier molecular flexibility index (Phi) is 14.2. The van der Waals surface area contributed by atoms with Crippen LogP contribution in [0.15, 0.2) is 86.0 Å². The molecule has 2 aromatic rings. The lowest BCUT2D eigenvalue weighted by Crippen LogP contribution is -2.43. The SMILES string of the molecule is C=CC=C.CC(C)C(C(=O)O)N1CCC(c2ccccc2)C1.CN1CCC(O)(CCCc2ccccc2)CC1. The first-order valence-corrected chi connectivity index (χ1v) is 14.4. The second kappa shape index (κ2) is 17.1. The number of carboxylic acids is 1. The van der Waals surface area contributed by atoms with Gasteiger partial charge in [-0.1, -0.05) is 99.8 Å². The number of aliphatic hydroxyl groups is 1. The fraction of sp³-hybridized carbons (Fsp3) is 0.500. The molecule has 0 aromatic heterocycles. The predicted molar refractivity (Wildman–Crippen MR) is 163 cm³/mol. The third kappa shape index (κ3) is 11.5. The number of allylic oxidation sites excluding steroid dienone is 2. The van der Waals surface area contributed by atoms with Crippen molar-refractivity contribution in [3.63, 3.8) is 0 Å². The van der Waals surface area contributed by atoms with Crippen molar-refractivity contribution in [1.29, 1.82) is 0 Å². The first-order valence-electron chi connectivity index (χ1n) is 14.4. The molecule has 39 heavy (non-hydrogen) atoms. The van der Waals surface area contributed by atoms with E-state index in [0.717, 1.165) is 64.7 Å². The zero-order valence-corrected chi connectivity index (χ0v) is 24.3. The summed E-state index contributed by atoms with van der Waals surface area (Å²) in [5.74, 6) is -0.0671. The molecule has 0 bridgehead atoms. The van der Waals surface area contributed by atoms with Crippen molar-refractivity contribution in [1.82, 2.24) is 9.80 Å². The van der Waals surface area contributed by atoms with Gasteiger partial charge >= 0.3 is 5.97 Å². The van der Waals surface area contributed by atoms with Gasteiger partial charge in [0.05, 0.1) is 5.60 Å². The first-order chi connectivity index (χ1) is 18.7. The van der Waals surface area contributed by atoms with E-state index >= 15 is 0 Å². The summed E-state index contributed by atoms with van der Waals surface area (Å²) >= 11 is 0. The third-order valence-electron chi connectivity index (χ3n) is 7.80. The minimum atomic E-state index is -0.696. The maximum absolute atomic E-state index is 11.3. The molecule has 5 heteroatoms. The summed E-state index contributed by atoms with van der Waals surface area (Å²) in [6.45, 7) is 14.5. The highest BCUT2D eigenvalue weighted by Gasteiger charge is 2.34. The number of carboxylic acid groups (broad SMARTS) is 1. The van der Waals surface area contributed by atoms with Crippen LogP contribution in [0.5, 0.6) is 0 Å². The van der Waals surface area contributed by atoms with E-state index in [1.54, 1.807) is 12.2 Å². The van der Waals surface area contributed by atoms with Crippen LogP contribution < -0.4 is 0 Å². The molecule has 0 saturated carbocycles. The monoisotopic (exact) mass is 534 g/mol. The van der Waals surface area contributed by atoms with Gasteiger partial charge < -0.3 is 15.1 Å². The maximum Gasteiger partial charge on any atom is 0.321 e. The van der Waals surface area contributed by atoms with Crippen LogP contribution in [0.25, 0.3) is 0 Å². The van der Waals surface area contributed by atoms with E-state index in [2.05, 4.69) is 78.5 Å². The van der Waals surface area contributed by atoms with Crippen molar-refractivity contribution in [2.75, 3.05) is 33.2 Å². The minimum absolute atomic E-state index is 0.150. The third-order valence-corrected chi connectivity index (χ3v) is 7.80. The summed E-state index contributed by atoms with van der Waals surface area (Å²) in [7, 11) is 2.13. The zero-order chi connectivity index (χ0) is 28.7. The second-order valence-electron chi connectivity index (χ2n) is 11.3. The molecule has 2 heterocycles. The van der Waals surface area contributed by atoms with E-state index < -0.39 is 11.6 Å². The van der Waals surface area contributed by atoms with Gasteiger partial charge in [0.2, 0.25) is 0 Å². The lowest BCUT2D eigenvalue weighted by molar-refractivity contribution is -0.144. The molecule has 2 fully saturated rings. The number of piperidine rings is 1. The molecular formula is C34H50N2O3. The van der Waals surface area contributed by atoms with Gasteiger partial charge in [0.25, 0.3) is 0 Å². The summed E-state index contributed by atoms with van der Waals surface area (Å²) in [4.78, 5) is 15.7. The number of carbonyl (C=O) groups is 1. The van der Waals surface area contributed by atoms with Crippen molar-refractivity contribution >= 4 is 5.97 Å². The molecule has 0 aliphatic carbocycles. The Bertz CT molecular complexity index is 962. The molecule has 5 nitrogen and oxygen atoms in total. The molecular weight excluding hydrogens is 484 g/mol. The molecule has 2 aromatic carbocycles. The Labute approximate surface area is 236 Å². The first kappa shape index (κ1) is 32.5. The lowest BCUT2D eigenvalue weighted by atomic mass is 9.86. The minimum Gasteiger partial charge on any atom is -0.480 e. The number of rotatable bonds is 9. The van der Waals surface area contributed by atoms with Crippen LogP contribution in [-0.4, -0.2) is 70.9 Å². The smallest absolute Gasteiger partial charge is 0.321 e. The summed E-state index contributed by atoms with van der Waals surface area (Å²) in [6, 6.07) is 20.6. The Balaban J connectivity index is 0.000000241. The van der Waals surface area contributed by atoms with E-state index in [9.17, 15) is 15.0 Å². The van der Waals surface area contributed by atoms with Crippen molar-refractivity contribution in [2.45, 2.75) is 69.9 Å². The molecule has 2 saturated heterocycles. The quantitative estimate of drug-likeness (QED) is 0.364. The number of nitrogens with zero attached hydrogens (tertiary/aromatic N) is 2. The van der Waals surface area contributed by atoms with Crippen LogP contribution in [0.4, 0.5) is 0 Å². The average Bonchev–Trinajstić information content (AvgIpc) is 3.41. The molecule has 0 radical (unpaired) electrons. The van der Waals surface area contributed by atoms with E-state index in [0.29, 0.717) is 5.92 Å². The van der Waals surface area contributed by atoms with Crippen LogP contribution in [0.3, 0.4) is 0 Å². The molecule has 4 rings (SSSR count). The summed E-state index contributed by atoms with van der Waals surface area (Å²) in [5, 5.41) is 19.8. The zero-order valence-electron chi connectivity index (χ0n) is 24.3. The molecule has 2 aliphatic rings. The lowest BCUT2D eigenvalue weighted by Gasteiger charge is -2.36. The molecule has 2 aliphatic heterocycles. The Morgan fingerprint density at radius 1 is 1.00 bits per heavy atom. The number of hydrogen-bond donors (Lipinski definition) is 2. The van der Waals surface area contributed by atoms with Crippen LogP contribution in [0.1, 0.15) is 63.0 Å². The van der Waals surface area contributed by atoms with Gasteiger partial charge in [0.1, 0.15) is 6.04 Å².